The number of aliphatic imine (C=N–C) groups is 1. The molecule has 2 rings (SSSR count). The first kappa shape index (κ1) is 22.5. The van der Waals surface area contributed by atoms with Crippen molar-refractivity contribution < 1.29 is 9.52 Å². The number of hydrogen-bond donors (Lipinski definition) is 3. The summed E-state index contributed by atoms with van der Waals surface area (Å²) in [5.74, 6) is 1.64. The van der Waals surface area contributed by atoms with E-state index in [4.69, 9.17) is 4.42 Å². The molecule has 5 nitrogen and oxygen atoms in total. The minimum absolute atomic E-state index is 0. The first-order valence-corrected chi connectivity index (χ1v) is 8.86. The number of guanidine groups is 1. The van der Waals surface area contributed by atoms with Gasteiger partial charge in [-0.25, -0.2) is 4.99 Å². The molecular weight excluding hydrogens is 441 g/mol. The third-order valence-electron chi connectivity index (χ3n) is 4.18. The van der Waals surface area contributed by atoms with Gasteiger partial charge >= 0.3 is 0 Å². The van der Waals surface area contributed by atoms with Crippen LogP contribution in [-0.2, 0) is 12.0 Å². The second-order valence-corrected chi connectivity index (χ2v) is 6.51. The Hall–Kier alpha value is -1.54. The van der Waals surface area contributed by atoms with E-state index in [1.165, 1.54) is 0 Å². The highest BCUT2D eigenvalue weighted by Crippen LogP contribution is 2.20. The van der Waals surface area contributed by atoms with Crippen LogP contribution in [-0.4, -0.2) is 30.2 Å². The van der Waals surface area contributed by atoms with Crippen LogP contribution < -0.4 is 10.6 Å². The van der Waals surface area contributed by atoms with E-state index in [2.05, 4.69) is 29.5 Å². The fraction of sp³-hybridized carbons (Fsp3) is 0.450. The van der Waals surface area contributed by atoms with E-state index in [0.717, 1.165) is 24.2 Å². The summed E-state index contributed by atoms with van der Waals surface area (Å²) in [5, 5.41) is 17.4. The molecule has 0 aliphatic carbocycles. The van der Waals surface area contributed by atoms with Gasteiger partial charge in [-0.3, -0.25) is 0 Å². The topological polar surface area (TPSA) is 69.8 Å². The maximum Gasteiger partial charge on any atom is 0.191 e. The summed E-state index contributed by atoms with van der Waals surface area (Å²) < 4.78 is 5.35. The number of furan rings is 1. The van der Waals surface area contributed by atoms with Gasteiger partial charge in [0.1, 0.15) is 11.4 Å². The van der Waals surface area contributed by atoms with Crippen LogP contribution >= 0.6 is 24.0 Å². The van der Waals surface area contributed by atoms with Crippen molar-refractivity contribution in [3.05, 3.63) is 60.1 Å². The number of nitrogens with one attached hydrogen (secondary N) is 2. The zero-order valence-corrected chi connectivity index (χ0v) is 18.1. The number of rotatable bonds is 8. The Morgan fingerprint density at radius 3 is 2.58 bits per heavy atom. The molecule has 3 N–H and O–H groups in total. The van der Waals surface area contributed by atoms with Crippen LogP contribution in [0.4, 0.5) is 0 Å². The highest BCUT2D eigenvalue weighted by Gasteiger charge is 2.22. The number of nitrogens with zero attached hydrogens (tertiary/aromatic N) is 1. The summed E-state index contributed by atoms with van der Waals surface area (Å²) in [6.07, 6.45) is 3.45. The fourth-order valence-corrected chi connectivity index (χ4v) is 2.37. The summed E-state index contributed by atoms with van der Waals surface area (Å²) in [4.78, 5) is 4.59. The van der Waals surface area contributed by atoms with E-state index in [9.17, 15) is 5.11 Å². The van der Waals surface area contributed by atoms with E-state index in [1.54, 1.807) is 13.2 Å². The number of aliphatic hydroxyl groups is 1. The van der Waals surface area contributed by atoms with Crippen LogP contribution in [0.1, 0.15) is 38.5 Å². The van der Waals surface area contributed by atoms with Crippen molar-refractivity contribution in [3.8, 4) is 0 Å². The van der Waals surface area contributed by atoms with Crippen molar-refractivity contribution >= 4 is 29.9 Å². The molecule has 0 bridgehead atoms. The van der Waals surface area contributed by atoms with Crippen molar-refractivity contribution in [3.63, 3.8) is 0 Å². The van der Waals surface area contributed by atoms with E-state index >= 15 is 0 Å². The van der Waals surface area contributed by atoms with Crippen LogP contribution in [0.15, 0.2) is 58.1 Å². The SMILES string of the molecule is CCC(C)NC(=NCC(C)(O)c1ccccc1)NCCc1ccco1.I. The molecule has 1 aromatic heterocycles. The van der Waals surface area contributed by atoms with Gasteiger partial charge in [0.05, 0.1) is 12.8 Å². The molecule has 1 heterocycles. The van der Waals surface area contributed by atoms with Gasteiger partial charge in [0, 0.05) is 19.0 Å². The average Bonchev–Trinajstić information content (AvgIpc) is 3.13. The van der Waals surface area contributed by atoms with Gasteiger partial charge in [-0.1, -0.05) is 37.3 Å². The summed E-state index contributed by atoms with van der Waals surface area (Å²) in [6.45, 7) is 7.01. The molecule has 2 atom stereocenters. The quantitative estimate of drug-likeness (QED) is 0.312. The van der Waals surface area contributed by atoms with E-state index in [-0.39, 0.29) is 30.5 Å². The molecule has 0 saturated carbocycles. The number of halogens is 1. The first-order valence-electron chi connectivity index (χ1n) is 8.86. The maximum atomic E-state index is 10.7. The first-order chi connectivity index (χ1) is 12.0. The summed E-state index contributed by atoms with van der Waals surface area (Å²) in [6, 6.07) is 13.8. The second-order valence-electron chi connectivity index (χ2n) is 6.51. The molecule has 0 amide bonds. The average molecular weight is 471 g/mol. The molecule has 0 saturated heterocycles. The lowest BCUT2D eigenvalue weighted by Gasteiger charge is -2.23. The monoisotopic (exact) mass is 471 g/mol. The Labute approximate surface area is 173 Å². The van der Waals surface area contributed by atoms with E-state index in [0.29, 0.717) is 18.5 Å². The smallest absolute Gasteiger partial charge is 0.191 e. The van der Waals surface area contributed by atoms with Crippen molar-refractivity contribution in [1.82, 2.24) is 10.6 Å². The van der Waals surface area contributed by atoms with Gasteiger partial charge < -0.3 is 20.2 Å². The second kappa shape index (κ2) is 11.2. The lowest BCUT2D eigenvalue weighted by Crippen LogP contribution is -2.43. The van der Waals surface area contributed by atoms with Crippen LogP contribution in [0.2, 0.25) is 0 Å². The molecule has 6 heteroatoms. The largest absolute Gasteiger partial charge is 0.469 e. The highest BCUT2D eigenvalue weighted by atomic mass is 127. The van der Waals surface area contributed by atoms with Gasteiger partial charge in [-0.15, -0.1) is 24.0 Å². The van der Waals surface area contributed by atoms with E-state index < -0.39 is 5.60 Å². The van der Waals surface area contributed by atoms with Gasteiger partial charge in [-0.2, -0.15) is 0 Å². The molecule has 1 aromatic carbocycles. The summed E-state index contributed by atoms with van der Waals surface area (Å²) in [5.41, 5.74) is -0.149. The molecule has 2 unspecified atom stereocenters. The molecular formula is C20H30IN3O2. The Balaban J connectivity index is 0.00000338. The number of benzene rings is 1. The molecule has 0 aliphatic rings. The van der Waals surface area contributed by atoms with Crippen LogP contribution in [0, 0.1) is 0 Å². The molecule has 0 fully saturated rings. The Morgan fingerprint density at radius 2 is 1.96 bits per heavy atom. The molecule has 0 radical (unpaired) electrons. The minimum atomic E-state index is -1.01. The fourth-order valence-electron chi connectivity index (χ4n) is 2.37. The summed E-state index contributed by atoms with van der Waals surface area (Å²) in [7, 11) is 0. The lowest BCUT2D eigenvalue weighted by molar-refractivity contribution is 0.0672. The molecule has 144 valence electrons. The van der Waals surface area contributed by atoms with Gasteiger partial charge in [0.25, 0.3) is 0 Å². The molecule has 0 aliphatic heterocycles. The van der Waals surface area contributed by atoms with Crippen molar-refractivity contribution in [1.29, 1.82) is 0 Å². The zero-order chi connectivity index (χ0) is 18.1. The van der Waals surface area contributed by atoms with Crippen LogP contribution in [0.25, 0.3) is 0 Å². The molecule has 26 heavy (non-hydrogen) atoms. The van der Waals surface area contributed by atoms with Crippen molar-refractivity contribution in [2.75, 3.05) is 13.1 Å². The molecule has 2 aromatic rings. The Morgan fingerprint density at radius 1 is 1.23 bits per heavy atom. The van der Waals surface area contributed by atoms with Gasteiger partial charge in [-0.05, 0) is 38.0 Å². The standard InChI is InChI=1S/C20H29N3O2.HI/c1-4-16(2)23-19(21-13-12-18-11-8-14-25-18)22-15-20(3,24)17-9-6-5-7-10-17;/h5-11,14,16,24H,4,12-13,15H2,1-3H3,(H2,21,22,23);1H. The van der Waals surface area contributed by atoms with Crippen molar-refractivity contribution in [2.45, 2.75) is 45.3 Å². The van der Waals surface area contributed by atoms with Gasteiger partial charge in [0.2, 0.25) is 0 Å². The third kappa shape index (κ3) is 7.37. The predicted molar refractivity (Wildman–Crippen MR) is 117 cm³/mol. The predicted octanol–water partition coefficient (Wildman–Crippen LogP) is 3.68. The maximum absolute atomic E-state index is 10.7. The van der Waals surface area contributed by atoms with Crippen LogP contribution in [0.3, 0.4) is 0 Å². The van der Waals surface area contributed by atoms with Crippen LogP contribution in [0.5, 0.6) is 0 Å². The highest BCUT2D eigenvalue weighted by molar-refractivity contribution is 14.0. The lowest BCUT2D eigenvalue weighted by atomic mass is 9.96. The molecule has 0 spiro atoms. The third-order valence-corrected chi connectivity index (χ3v) is 4.18. The number of hydrogen-bond acceptors (Lipinski definition) is 3. The van der Waals surface area contributed by atoms with Crippen molar-refractivity contribution in [2.24, 2.45) is 4.99 Å². The van der Waals surface area contributed by atoms with Gasteiger partial charge in [0.15, 0.2) is 5.96 Å². The van der Waals surface area contributed by atoms with E-state index in [1.807, 2.05) is 42.5 Å². The normalized spacial score (nSPS) is 14.8. The summed E-state index contributed by atoms with van der Waals surface area (Å²) >= 11 is 0. The Bertz CT molecular complexity index is 642. The Kier molecular flexibility index (Phi) is 9.72. The zero-order valence-electron chi connectivity index (χ0n) is 15.7. The minimum Gasteiger partial charge on any atom is -0.469 e.